The van der Waals surface area contributed by atoms with E-state index in [1.807, 2.05) is 30.3 Å². The maximum absolute atomic E-state index is 12.5. The van der Waals surface area contributed by atoms with Gasteiger partial charge in [0.2, 0.25) is 0 Å². The first-order valence-electron chi connectivity index (χ1n) is 9.21. The summed E-state index contributed by atoms with van der Waals surface area (Å²) in [7, 11) is -2.21. The highest BCUT2D eigenvalue weighted by Crippen LogP contribution is 2.20. The van der Waals surface area contributed by atoms with Crippen LogP contribution in [-0.4, -0.2) is 33.7 Å². The molecule has 3 aromatic carbocycles. The number of amides is 1. The van der Waals surface area contributed by atoms with Crippen LogP contribution in [0.2, 0.25) is 0 Å². The van der Waals surface area contributed by atoms with Crippen molar-refractivity contribution in [2.45, 2.75) is 9.79 Å². The lowest BCUT2D eigenvalue weighted by Crippen LogP contribution is -2.25. The predicted octanol–water partition coefficient (Wildman–Crippen LogP) is 4.02. The molecule has 156 valence electrons. The zero-order chi connectivity index (χ0) is 21.4. The number of carbonyl (C=O) groups excluding carboxylic acids is 1. The van der Waals surface area contributed by atoms with Crippen molar-refractivity contribution in [3.63, 3.8) is 0 Å². The summed E-state index contributed by atoms with van der Waals surface area (Å²) >= 11 is 1.67. The summed E-state index contributed by atoms with van der Waals surface area (Å²) in [5, 5.41) is 2.86. The summed E-state index contributed by atoms with van der Waals surface area (Å²) in [6.45, 7) is 0.532. The Hall–Kier alpha value is -2.97. The van der Waals surface area contributed by atoms with Crippen LogP contribution in [0.15, 0.2) is 88.7 Å². The fourth-order valence-corrected chi connectivity index (χ4v) is 4.46. The van der Waals surface area contributed by atoms with Gasteiger partial charge in [0.25, 0.3) is 15.9 Å². The standard InChI is InChI=1S/C22H22N2O4S2/c1-28-19-11-13-21(14-12-19)30(26,27)24-18-9-7-17(8-10-18)22(25)23-15-16-29-20-5-3-2-4-6-20/h2-14,24H,15-16H2,1H3,(H,23,25). The van der Waals surface area contributed by atoms with Crippen LogP contribution in [0.5, 0.6) is 5.75 Å². The third-order valence-corrected chi connectivity index (χ3v) is 6.58. The van der Waals surface area contributed by atoms with E-state index >= 15 is 0 Å². The van der Waals surface area contributed by atoms with E-state index in [4.69, 9.17) is 4.74 Å². The predicted molar refractivity (Wildman–Crippen MR) is 120 cm³/mol. The van der Waals surface area contributed by atoms with Crippen molar-refractivity contribution in [1.82, 2.24) is 5.32 Å². The molecule has 6 nitrogen and oxygen atoms in total. The van der Waals surface area contributed by atoms with Crippen LogP contribution in [-0.2, 0) is 10.0 Å². The monoisotopic (exact) mass is 442 g/mol. The summed E-state index contributed by atoms with van der Waals surface area (Å²) in [5.41, 5.74) is 0.842. The Labute approximate surface area is 180 Å². The highest BCUT2D eigenvalue weighted by atomic mass is 32.2. The Morgan fingerprint density at radius 2 is 1.60 bits per heavy atom. The maximum atomic E-state index is 12.5. The van der Waals surface area contributed by atoms with Crippen LogP contribution in [0.4, 0.5) is 5.69 Å². The minimum absolute atomic E-state index is 0.126. The van der Waals surface area contributed by atoms with Gasteiger partial charge in [-0.15, -0.1) is 11.8 Å². The average molecular weight is 443 g/mol. The summed E-state index contributed by atoms with van der Waals surface area (Å²) < 4.78 is 32.5. The Morgan fingerprint density at radius 1 is 0.933 bits per heavy atom. The zero-order valence-corrected chi connectivity index (χ0v) is 18.0. The van der Waals surface area contributed by atoms with E-state index in [-0.39, 0.29) is 10.8 Å². The van der Waals surface area contributed by atoms with Gasteiger partial charge in [0.15, 0.2) is 0 Å². The molecular formula is C22H22N2O4S2. The molecule has 8 heteroatoms. The van der Waals surface area contributed by atoms with Gasteiger partial charge in [0.1, 0.15) is 5.75 Å². The lowest BCUT2D eigenvalue weighted by atomic mass is 10.2. The molecule has 0 heterocycles. The second kappa shape index (κ2) is 10.2. The Balaban J connectivity index is 1.52. The number of benzene rings is 3. The van der Waals surface area contributed by atoms with Crippen molar-refractivity contribution in [3.8, 4) is 5.75 Å². The number of hydrogen-bond donors (Lipinski definition) is 2. The quantitative estimate of drug-likeness (QED) is 0.386. The molecule has 0 saturated heterocycles. The molecule has 0 aliphatic carbocycles. The van der Waals surface area contributed by atoms with E-state index < -0.39 is 10.0 Å². The number of rotatable bonds is 9. The van der Waals surface area contributed by atoms with E-state index in [2.05, 4.69) is 10.0 Å². The van der Waals surface area contributed by atoms with Crippen molar-refractivity contribution in [2.75, 3.05) is 24.1 Å². The third kappa shape index (κ3) is 6.01. The van der Waals surface area contributed by atoms with Crippen LogP contribution in [0.1, 0.15) is 10.4 Å². The Kier molecular flexibility index (Phi) is 7.37. The number of methoxy groups -OCH3 is 1. The largest absolute Gasteiger partial charge is 0.497 e. The second-order valence-corrected chi connectivity index (χ2v) is 9.13. The molecule has 0 saturated carbocycles. The van der Waals surface area contributed by atoms with E-state index in [1.165, 1.54) is 19.2 Å². The fourth-order valence-electron chi connectivity index (χ4n) is 2.61. The molecular weight excluding hydrogens is 420 g/mol. The molecule has 1 amide bonds. The molecule has 0 bridgehead atoms. The van der Waals surface area contributed by atoms with Crippen molar-refractivity contribution in [2.24, 2.45) is 0 Å². The molecule has 0 aliphatic heterocycles. The molecule has 0 unspecified atom stereocenters. The zero-order valence-electron chi connectivity index (χ0n) is 16.4. The molecule has 2 N–H and O–H groups in total. The Morgan fingerprint density at radius 3 is 2.23 bits per heavy atom. The molecule has 3 rings (SSSR count). The highest BCUT2D eigenvalue weighted by molar-refractivity contribution is 7.99. The first-order chi connectivity index (χ1) is 14.5. The van der Waals surface area contributed by atoms with E-state index in [0.717, 1.165) is 10.6 Å². The first kappa shape index (κ1) is 21.7. The number of nitrogens with one attached hydrogen (secondary N) is 2. The third-order valence-electron chi connectivity index (χ3n) is 4.17. The minimum atomic E-state index is -3.72. The molecule has 0 aliphatic rings. The topological polar surface area (TPSA) is 84.5 Å². The molecule has 0 radical (unpaired) electrons. The molecule has 30 heavy (non-hydrogen) atoms. The second-order valence-electron chi connectivity index (χ2n) is 6.28. The van der Waals surface area contributed by atoms with E-state index in [0.29, 0.717) is 23.5 Å². The van der Waals surface area contributed by atoms with Crippen LogP contribution in [0, 0.1) is 0 Å². The van der Waals surface area contributed by atoms with Crippen LogP contribution in [0.25, 0.3) is 0 Å². The molecule has 0 atom stereocenters. The van der Waals surface area contributed by atoms with Crippen LogP contribution in [0.3, 0.4) is 0 Å². The normalized spacial score (nSPS) is 11.0. The number of ether oxygens (including phenoxy) is 1. The molecule has 3 aromatic rings. The first-order valence-corrected chi connectivity index (χ1v) is 11.7. The number of hydrogen-bond acceptors (Lipinski definition) is 5. The van der Waals surface area contributed by atoms with Crippen molar-refractivity contribution in [3.05, 3.63) is 84.4 Å². The fraction of sp³-hybridized carbons (Fsp3) is 0.136. The summed E-state index contributed by atoms with van der Waals surface area (Å²) in [4.78, 5) is 13.5. The minimum Gasteiger partial charge on any atom is -0.497 e. The van der Waals surface area contributed by atoms with Gasteiger partial charge in [-0.05, 0) is 60.7 Å². The number of thioether (sulfide) groups is 1. The SMILES string of the molecule is COc1ccc(S(=O)(=O)Nc2ccc(C(=O)NCCSc3ccccc3)cc2)cc1. The van der Waals surface area contributed by atoms with Crippen molar-refractivity contribution < 1.29 is 17.9 Å². The van der Waals surface area contributed by atoms with Crippen LogP contribution >= 0.6 is 11.8 Å². The van der Waals surface area contributed by atoms with Gasteiger partial charge in [0.05, 0.1) is 12.0 Å². The Bertz CT molecular complexity index is 1070. The van der Waals surface area contributed by atoms with Crippen LogP contribution < -0.4 is 14.8 Å². The summed E-state index contributed by atoms with van der Waals surface area (Å²) in [5.74, 6) is 1.13. The number of sulfonamides is 1. The maximum Gasteiger partial charge on any atom is 0.261 e. The van der Waals surface area contributed by atoms with Gasteiger partial charge in [-0.2, -0.15) is 0 Å². The van der Waals surface area contributed by atoms with Gasteiger partial charge < -0.3 is 10.1 Å². The lowest BCUT2D eigenvalue weighted by molar-refractivity contribution is 0.0956. The van der Waals surface area contributed by atoms with E-state index in [9.17, 15) is 13.2 Å². The van der Waals surface area contributed by atoms with Crippen molar-refractivity contribution in [1.29, 1.82) is 0 Å². The average Bonchev–Trinajstić information content (AvgIpc) is 2.77. The van der Waals surface area contributed by atoms with Gasteiger partial charge in [-0.25, -0.2) is 8.42 Å². The lowest BCUT2D eigenvalue weighted by Gasteiger charge is -2.10. The molecule has 0 spiro atoms. The van der Waals surface area contributed by atoms with Gasteiger partial charge >= 0.3 is 0 Å². The molecule has 0 aromatic heterocycles. The van der Waals surface area contributed by atoms with Crippen molar-refractivity contribution >= 4 is 33.4 Å². The molecule has 0 fully saturated rings. The summed E-state index contributed by atoms with van der Waals surface area (Å²) in [6, 6.07) is 22.4. The number of carbonyl (C=O) groups is 1. The van der Waals surface area contributed by atoms with Gasteiger partial charge in [0, 0.05) is 28.4 Å². The van der Waals surface area contributed by atoms with Gasteiger partial charge in [-0.1, -0.05) is 18.2 Å². The smallest absolute Gasteiger partial charge is 0.261 e. The van der Waals surface area contributed by atoms with E-state index in [1.54, 1.807) is 48.2 Å². The highest BCUT2D eigenvalue weighted by Gasteiger charge is 2.14. The number of anilines is 1. The summed E-state index contributed by atoms with van der Waals surface area (Å²) in [6.07, 6.45) is 0. The van der Waals surface area contributed by atoms with Gasteiger partial charge in [-0.3, -0.25) is 9.52 Å².